The average molecular weight is 367 g/mol. The first-order valence-corrected chi connectivity index (χ1v) is 9.29. The minimum Gasteiger partial charge on any atom is -0.467 e. The molecule has 0 N–H and O–H groups in total. The van der Waals surface area contributed by atoms with Gasteiger partial charge in [0.25, 0.3) is 0 Å². The van der Waals surface area contributed by atoms with Crippen LogP contribution in [0.3, 0.4) is 0 Å². The van der Waals surface area contributed by atoms with Gasteiger partial charge in [0.05, 0.1) is 13.2 Å². The van der Waals surface area contributed by atoms with E-state index < -0.39 is 18.1 Å². The second kappa shape index (κ2) is 8.71. The number of rotatable bonds is 5. The molecule has 5 heteroatoms. The summed E-state index contributed by atoms with van der Waals surface area (Å²) >= 11 is 0. The number of esters is 1. The number of carbonyl (C=O) groups excluding carboxylic acids is 2. The molecule has 0 saturated carbocycles. The molecular weight excluding hydrogens is 342 g/mol. The van der Waals surface area contributed by atoms with Crippen LogP contribution in [0.25, 0.3) is 0 Å². The first-order valence-electron chi connectivity index (χ1n) is 9.29. The summed E-state index contributed by atoms with van der Waals surface area (Å²) in [6.45, 7) is 2.27. The van der Waals surface area contributed by atoms with Gasteiger partial charge in [-0.15, -0.1) is 0 Å². The molecule has 2 aromatic carbocycles. The topological polar surface area (TPSA) is 55.8 Å². The zero-order valence-electron chi connectivity index (χ0n) is 15.8. The van der Waals surface area contributed by atoms with E-state index in [0.29, 0.717) is 12.8 Å². The van der Waals surface area contributed by atoms with Crippen molar-refractivity contribution in [3.05, 3.63) is 71.3 Å². The van der Waals surface area contributed by atoms with Gasteiger partial charge >= 0.3 is 12.1 Å². The molecule has 27 heavy (non-hydrogen) atoms. The fraction of sp³-hybridized carbons (Fsp3) is 0.364. The highest BCUT2D eigenvalue weighted by Gasteiger charge is 2.43. The molecule has 1 heterocycles. The van der Waals surface area contributed by atoms with Gasteiger partial charge in [0.15, 0.2) is 0 Å². The number of hydrogen-bond acceptors (Lipinski definition) is 4. The SMILES string of the molecule is CCc1ccc([C@H]2CC[C@@H](C(=O)OC)N2C(=O)OCc2ccccc2)cc1. The molecule has 1 fully saturated rings. The van der Waals surface area contributed by atoms with Gasteiger partial charge < -0.3 is 9.47 Å². The van der Waals surface area contributed by atoms with Crippen molar-refractivity contribution in [3.8, 4) is 0 Å². The Morgan fingerprint density at radius 3 is 2.33 bits per heavy atom. The molecule has 1 aliphatic rings. The molecular formula is C22H25NO4. The lowest BCUT2D eigenvalue weighted by Gasteiger charge is -2.28. The molecule has 5 nitrogen and oxygen atoms in total. The molecule has 0 spiro atoms. The van der Waals surface area contributed by atoms with Crippen LogP contribution < -0.4 is 0 Å². The van der Waals surface area contributed by atoms with Gasteiger partial charge in [-0.3, -0.25) is 4.90 Å². The molecule has 0 radical (unpaired) electrons. The average Bonchev–Trinajstić information content (AvgIpc) is 3.17. The molecule has 1 aliphatic heterocycles. The smallest absolute Gasteiger partial charge is 0.411 e. The lowest BCUT2D eigenvalue weighted by Crippen LogP contribution is -2.42. The number of hydrogen-bond donors (Lipinski definition) is 0. The lowest BCUT2D eigenvalue weighted by molar-refractivity contribution is -0.145. The summed E-state index contributed by atoms with van der Waals surface area (Å²) < 4.78 is 10.4. The number of aryl methyl sites for hydroxylation is 1. The van der Waals surface area contributed by atoms with Crippen molar-refractivity contribution in [2.24, 2.45) is 0 Å². The minimum atomic E-state index is -0.617. The Kier molecular flexibility index (Phi) is 6.12. The van der Waals surface area contributed by atoms with Crippen molar-refractivity contribution >= 4 is 12.1 Å². The Morgan fingerprint density at radius 2 is 1.70 bits per heavy atom. The third-order valence-electron chi connectivity index (χ3n) is 5.05. The van der Waals surface area contributed by atoms with Crippen molar-refractivity contribution in [1.29, 1.82) is 0 Å². The number of amides is 1. The summed E-state index contributed by atoms with van der Waals surface area (Å²) in [5.74, 6) is -0.403. The number of benzene rings is 2. The normalized spacial score (nSPS) is 19.0. The second-order valence-corrected chi connectivity index (χ2v) is 6.67. The van der Waals surface area contributed by atoms with Crippen LogP contribution in [0.4, 0.5) is 4.79 Å². The van der Waals surface area contributed by atoms with E-state index in [0.717, 1.165) is 17.5 Å². The number of methoxy groups -OCH3 is 1. The summed E-state index contributed by atoms with van der Waals surface area (Å²) in [5.41, 5.74) is 3.15. The molecule has 1 amide bonds. The third-order valence-corrected chi connectivity index (χ3v) is 5.05. The summed E-state index contributed by atoms with van der Waals surface area (Å²) in [6.07, 6.45) is 1.73. The fourth-order valence-corrected chi connectivity index (χ4v) is 3.53. The maximum Gasteiger partial charge on any atom is 0.411 e. The van der Waals surface area contributed by atoms with Crippen LogP contribution in [0.1, 0.15) is 42.5 Å². The van der Waals surface area contributed by atoms with E-state index in [2.05, 4.69) is 19.1 Å². The first kappa shape index (κ1) is 19.0. The van der Waals surface area contributed by atoms with E-state index in [1.54, 1.807) is 0 Å². The number of ether oxygens (including phenoxy) is 2. The zero-order valence-corrected chi connectivity index (χ0v) is 15.8. The molecule has 1 saturated heterocycles. The Hall–Kier alpha value is -2.82. The van der Waals surface area contributed by atoms with E-state index in [9.17, 15) is 9.59 Å². The summed E-state index contributed by atoms with van der Waals surface area (Å²) in [6, 6.07) is 16.9. The van der Waals surface area contributed by atoms with Gasteiger partial charge in [0.1, 0.15) is 12.6 Å². The van der Waals surface area contributed by atoms with E-state index >= 15 is 0 Å². The van der Waals surface area contributed by atoms with Gasteiger partial charge in [-0.1, -0.05) is 61.5 Å². The highest BCUT2D eigenvalue weighted by Crippen LogP contribution is 2.37. The monoisotopic (exact) mass is 367 g/mol. The van der Waals surface area contributed by atoms with E-state index in [1.807, 2.05) is 42.5 Å². The highest BCUT2D eigenvalue weighted by molar-refractivity contribution is 5.82. The van der Waals surface area contributed by atoms with Crippen LogP contribution in [-0.2, 0) is 27.3 Å². The maximum absolute atomic E-state index is 12.9. The van der Waals surface area contributed by atoms with Crippen LogP contribution in [-0.4, -0.2) is 30.1 Å². The van der Waals surface area contributed by atoms with Gasteiger partial charge in [-0.2, -0.15) is 0 Å². The summed E-state index contributed by atoms with van der Waals surface area (Å²) in [5, 5.41) is 0. The number of nitrogens with zero attached hydrogens (tertiary/aromatic N) is 1. The Balaban J connectivity index is 1.79. The van der Waals surface area contributed by atoms with Crippen LogP contribution in [0.5, 0.6) is 0 Å². The minimum absolute atomic E-state index is 0.172. The van der Waals surface area contributed by atoms with Gasteiger partial charge in [-0.05, 0) is 36.0 Å². The standard InChI is InChI=1S/C22H25NO4/c1-3-16-9-11-18(12-10-16)19-13-14-20(21(24)26-2)23(19)22(25)27-15-17-7-5-4-6-8-17/h4-12,19-20H,3,13-15H2,1-2H3/t19-,20+/m1/s1. The Morgan fingerprint density at radius 1 is 1.00 bits per heavy atom. The number of carbonyl (C=O) groups is 2. The van der Waals surface area contributed by atoms with Gasteiger partial charge in [-0.25, -0.2) is 9.59 Å². The van der Waals surface area contributed by atoms with Crippen molar-refractivity contribution in [2.45, 2.75) is 44.9 Å². The Labute approximate surface area is 159 Å². The van der Waals surface area contributed by atoms with E-state index in [4.69, 9.17) is 9.47 Å². The van der Waals surface area contributed by atoms with Crippen molar-refractivity contribution < 1.29 is 19.1 Å². The predicted molar refractivity (Wildman–Crippen MR) is 102 cm³/mol. The van der Waals surface area contributed by atoms with Crippen LogP contribution >= 0.6 is 0 Å². The van der Waals surface area contributed by atoms with E-state index in [-0.39, 0.29) is 12.6 Å². The second-order valence-electron chi connectivity index (χ2n) is 6.67. The largest absolute Gasteiger partial charge is 0.467 e. The molecule has 2 atom stereocenters. The molecule has 0 bridgehead atoms. The van der Waals surface area contributed by atoms with Crippen molar-refractivity contribution in [2.75, 3.05) is 7.11 Å². The molecule has 0 aliphatic carbocycles. The van der Waals surface area contributed by atoms with Gasteiger partial charge in [0.2, 0.25) is 0 Å². The number of likely N-dealkylation sites (tertiary alicyclic amines) is 1. The molecule has 142 valence electrons. The quantitative estimate of drug-likeness (QED) is 0.741. The molecule has 0 aromatic heterocycles. The fourth-order valence-electron chi connectivity index (χ4n) is 3.53. The zero-order chi connectivity index (χ0) is 19.2. The van der Waals surface area contributed by atoms with E-state index in [1.165, 1.54) is 17.6 Å². The highest BCUT2D eigenvalue weighted by atomic mass is 16.6. The van der Waals surface area contributed by atoms with Crippen molar-refractivity contribution in [1.82, 2.24) is 4.90 Å². The third kappa shape index (κ3) is 4.30. The van der Waals surface area contributed by atoms with Crippen LogP contribution in [0, 0.1) is 0 Å². The predicted octanol–water partition coefficient (Wildman–Crippen LogP) is 4.26. The molecule has 0 unspecified atom stereocenters. The summed E-state index contributed by atoms with van der Waals surface area (Å²) in [4.78, 5) is 26.6. The van der Waals surface area contributed by atoms with Gasteiger partial charge in [0, 0.05) is 0 Å². The van der Waals surface area contributed by atoms with Crippen LogP contribution in [0.15, 0.2) is 54.6 Å². The van der Waals surface area contributed by atoms with Crippen LogP contribution in [0.2, 0.25) is 0 Å². The maximum atomic E-state index is 12.9. The molecule has 3 rings (SSSR count). The Bertz CT molecular complexity index is 773. The van der Waals surface area contributed by atoms with Crippen molar-refractivity contribution in [3.63, 3.8) is 0 Å². The molecule has 2 aromatic rings. The first-order chi connectivity index (χ1) is 13.1. The lowest BCUT2D eigenvalue weighted by atomic mass is 10.0. The summed E-state index contributed by atoms with van der Waals surface area (Å²) in [7, 11) is 1.35.